The van der Waals surface area contributed by atoms with Crippen molar-refractivity contribution in [3.8, 4) is 0 Å². The molecule has 116 valence electrons. The van der Waals surface area contributed by atoms with E-state index < -0.39 is 0 Å². The molecule has 4 aliphatic carbocycles. The highest BCUT2D eigenvalue weighted by atomic mass is 16.5. The standard InChI is InChI=1S/C20H30O/c1-3-21-15-7-9-16-14(13-15)6-8-18-17(16)10-12-20(2)11-4-5-19(18)20/h13,15,18-19H,3-12H2,1-2H3/t15?,18-,19+,20+/m1/s1. The molecule has 0 aromatic rings. The molecule has 0 aliphatic heterocycles. The molecule has 0 aromatic carbocycles. The summed E-state index contributed by atoms with van der Waals surface area (Å²) >= 11 is 0. The summed E-state index contributed by atoms with van der Waals surface area (Å²) in [5.74, 6) is 1.93. The van der Waals surface area contributed by atoms with Crippen LogP contribution in [-0.4, -0.2) is 12.7 Å². The second kappa shape index (κ2) is 5.26. The third kappa shape index (κ3) is 2.23. The minimum atomic E-state index is 0.395. The lowest BCUT2D eigenvalue weighted by Crippen LogP contribution is -2.37. The molecule has 1 heteroatoms. The van der Waals surface area contributed by atoms with Crippen LogP contribution in [0.2, 0.25) is 0 Å². The van der Waals surface area contributed by atoms with Crippen LogP contribution < -0.4 is 0 Å². The summed E-state index contributed by atoms with van der Waals surface area (Å²) in [6.07, 6.45) is 15.4. The van der Waals surface area contributed by atoms with Crippen LogP contribution in [-0.2, 0) is 4.74 Å². The van der Waals surface area contributed by atoms with E-state index in [1.807, 2.05) is 5.57 Å². The second-order valence-corrected chi connectivity index (χ2v) is 8.03. The fourth-order valence-corrected chi connectivity index (χ4v) is 5.97. The first-order valence-corrected chi connectivity index (χ1v) is 9.26. The molecule has 0 radical (unpaired) electrons. The smallest absolute Gasteiger partial charge is 0.0764 e. The minimum absolute atomic E-state index is 0.395. The first-order valence-electron chi connectivity index (χ1n) is 9.26. The molecular formula is C20H30O. The zero-order chi connectivity index (χ0) is 14.4. The Bertz CT molecular complexity index is 486. The summed E-state index contributed by atoms with van der Waals surface area (Å²) in [6, 6.07) is 0. The lowest BCUT2D eigenvalue weighted by atomic mass is 9.58. The van der Waals surface area contributed by atoms with Gasteiger partial charge in [0.15, 0.2) is 0 Å². The van der Waals surface area contributed by atoms with Gasteiger partial charge >= 0.3 is 0 Å². The van der Waals surface area contributed by atoms with Crippen molar-refractivity contribution in [2.75, 3.05) is 6.61 Å². The average molecular weight is 286 g/mol. The Morgan fingerprint density at radius 1 is 1.14 bits per heavy atom. The average Bonchev–Trinajstić information content (AvgIpc) is 2.89. The van der Waals surface area contributed by atoms with Gasteiger partial charge in [0, 0.05) is 6.61 Å². The van der Waals surface area contributed by atoms with Crippen molar-refractivity contribution >= 4 is 0 Å². The normalized spacial score (nSPS) is 42.2. The third-order valence-electron chi connectivity index (χ3n) is 7.00. The van der Waals surface area contributed by atoms with Gasteiger partial charge in [-0.3, -0.25) is 0 Å². The Morgan fingerprint density at radius 3 is 2.90 bits per heavy atom. The number of fused-ring (bicyclic) bond motifs is 4. The summed E-state index contributed by atoms with van der Waals surface area (Å²) in [6.45, 7) is 5.55. The Labute approximate surface area is 129 Å². The fraction of sp³-hybridized carbons (Fsp3) is 0.800. The van der Waals surface area contributed by atoms with Crippen LogP contribution in [0.3, 0.4) is 0 Å². The Hall–Kier alpha value is -0.560. The lowest BCUT2D eigenvalue weighted by Gasteiger charge is -2.47. The summed E-state index contributed by atoms with van der Waals surface area (Å²) in [7, 11) is 0. The Morgan fingerprint density at radius 2 is 2.05 bits per heavy atom. The van der Waals surface area contributed by atoms with Gasteiger partial charge in [-0.05, 0) is 86.7 Å². The third-order valence-corrected chi connectivity index (χ3v) is 7.00. The molecular weight excluding hydrogens is 256 g/mol. The minimum Gasteiger partial charge on any atom is -0.374 e. The van der Waals surface area contributed by atoms with Gasteiger partial charge in [-0.2, -0.15) is 0 Å². The van der Waals surface area contributed by atoms with Crippen molar-refractivity contribution in [3.63, 3.8) is 0 Å². The monoisotopic (exact) mass is 286 g/mol. The van der Waals surface area contributed by atoms with E-state index in [1.54, 1.807) is 11.1 Å². The van der Waals surface area contributed by atoms with Gasteiger partial charge in [0.05, 0.1) is 6.10 Å². The van der Waals surface area contributed by atoms with Crippen molar-refractivity contribution in [2.45, 2.75) is 77.7 Å². The molecule has 4 aliphatic rings. The molecule has 2 fully saturated rings. The van der Waals surface area contributed by atoms with Crippen molar-refractivity contribution in [1.82, 2.24) is 0 Å². The molecule has 0 saturated heterocycles. The van der Waals surface area contributed by atoms with Gasteiger partial charge in [0.1, 0.15) is 0 Å². The quantitative estimate of drug-likeness (QED) is 0.658. The van der Waals surface area contributed by atoms with E-state index in [0.29, 0.717) is 11.5 Å². The highest BCUT2D eigenvalue weighted by Crippen LogP contribution is 2.59. The van der Waals surface area contributed by atoms with Crippen LogP contribution in [0.4, 0.5) is 0 Å². The number of hydrogen-bond donors (Lipinski definition) is 0. The fourth-order valence-electron chi connectivity index (χ4n) is 5.97. The topological polar surface area (TPSA) is 9.23 Å². The molecule has 4 atom stereocenters. The van der Waals surface area contributed by atoms with E-state index in [2.05, 4.69) is 19.9 Å². The largest absolute Gasteiger partial charge is 0.374 e. The molecule has 0 N–H and O–H groups in total. The predicted molar refractivity (Wildman–Crippen MR) is 87.2 cm³/mol. The zero-order valence-corrected chi connectivity index (χ0v) is 13.8. The van der Waals surface area contributed by atoms with E-state index in [4.69, 9.17) is 4.74 Å². The molecule has 0 aromatic heterocycles. The highest BCUT2D eigenvalue weighted by Gasteiger charge is 2.48. The molecule has 1 unspecified atom stereocenters. The summed E-state index contributed by atoms with van der Waals surface area (Å²) < 4.78 is 5.85. The van der Waals surface area contributed by atoms with Gasteiger partial charge in [0.25, 0.3) is 0 Å². The van der Waals surface area contributed by atoms with Crippen LogP contribution in [0.15, 0.2) is 22.8 Å². The van der Waals surface area contributed by atoms with Crippen LogP contribution in [0.5, 0.6) is 0 Å². The first-order chi connectivity index (χ1) is 10.2. The summed E-state index contributed by atoms with van der Waals surface area (Å²) in [5.41, 5.74) is 5.99. The van der Waals surface area contributed by atoms with E-state index >= 15 is 0 Å². The molecule has 21 heavy (non-hydrogen) atoms. The van der Waals surface area contributed by atoms with E-state index in [9.17, 15) is 0 Å². The number of allylic oxidation sites excluding steroid dienone is 3. The maximum atomic E-state index is 5.85. The predicted octanol–water partition coefficient (Wildman–Crippen LogP) is 5.42. The SMILES string of the molecule is CCOC1C=C2CC[C@@H]3C(=C2CC1)CC[C@]1(C)CCC[C@@H]31. The molecule has 4 rings (SSSR count). The zero-order valence-electron chi connectivity index (χ0n) is 13.8. The van der Waals surface area contributed by atoms with Gasteiger partial charge in [-0.25, -0.2) is 0 Å². The van der Waals surface area contributed by atoms with Crippen molar-refractivity contribution in [2.24, 2.45) is 17.3 Å². The highest BCUT2D eigenvalue weighted by molar-refractivity contribution is 5.43. The molecule has 0 amide bonds. The number of ether oxygens (including phenoxy) is 1. The number of rotatable bonds is 2. The second-order valence-electron chi connectivity index (χ2n) is 8.03. The summed E-state index contributed by atoms with van der Waals surface area (Å²) in [5, 5.41) is 0. The maximum absolute atomic E-state index is 5.85. The lowest BCUT2D eigenvalue weighted by molar-refractivity contribution is 0.0848. The van der Waals surface area contributed by atoms with E-state index in [0.717, 1.165) is 18.4 Å². The molecule has 1 nitrogen and oxygen atoms in total. The molecule has 2 saturated carbocycles. The first kappa shape index (κ1) is 14.1. The molecule has 0 heterocycles. The Kier molecular flexibility index (Phi) is 3.52. The Balaban J connectivity index is 1.64. The van der Waals surface area contributed by atoms with Crippen LogP contribution in [0.25, 0.3) is 0 Å². The van der Waals surface area contributed by atoms with Crippen LogP contribution >= 0.6 is 0 Å². The van der Waals surface area contributed by atoms with Crippen molar-refractivity contribution in [1.29, 1.82) is 0 Å². The van der Waals surface area contributed by atoms with Gasteiger partial charge in [-0.15, -0.1) is 0 Å². The van der Waals surface area contributed by atoms with Crippen LogP contribution in [0.1, 0.15) is 71.6 Å². The summed E-state index contributed by atoms with van der Waals surface area (Å²) in [4.78, 5) is 0. The van der Waals surface area contributed by atoms with Crippen LogP contribution in [0, 0.1) is 17.3 Å². The molecule has 0 bridgehead atoms. The molecule has 0 spiro atoms. The van der Waals surface area contributed by atoms with E-state index in [1.165, 1.54) is 57.8 Å². The maximum Gasteiger partial charge on any atom is 0.0764 e. The van der Waals surface area contributed by atoms with E-state index in [-0.39, 0.29) is 0 Å². The van der Waals surface area contributed by atoms with Gasteiger partial charge in [0.2, 0.25) is 0 Å². The van der Waals surface area contributed by atoms with Gasteiger partial charge in [-0.1, -0.05) is 25.0 Å². The van der Waals surface area contributed by atoms with Gasteiger partial charge < -0.3 is 4.74 Å². The van der Waals surface area contributed by atoms with Crippen molar-refractivity contribution < 1.29 is 4.74 Å². The number of hydrogen-bond acceptors (Lipinski definition) is 1. The van der Waals surface area contributed by atoms with Crippen molar-refractivity contribution in [3.05, 3.63) is 22.8 Å².